The van der Waals surface area contributed by atoms with E-state index < -0.39 is 0 Å². The largest absolute Gasteiger partial charge is 0.454 e. The molecule has 0 amide bonds. The van der Waals surface area contributed by atoms with E-state index in [1.54, 1.807) is 6.20 Å². The molecule has 17 heavy (non-hydrogen) atoms. The van der Waals surface area contributed by atoms with Gasteiger partial charge >= 0.3 is 0 Å². The van der Waals surface area contributed by atoms with Crippen LogP contribution in [0.25, 0.3) is 21.7 Å². The van der Waals surface area contributed by atoms with Crippen LogP contribution >= 0.6 is 0 Å². The van der Waals surface area contributed by atoms with E-state index >= 15 is 0 Å². The van der Waals surface area contributed by atoms with Gasteiger partial charge in [-0.25, -0.2) is 0 Å². The third kappa shape index (κ3) is 1.19. The van der Waals surface area contributed by atoms with Crippen molar-refractivity contribution in [1.29, 1.82) is 0 Å². The van der Waals surface area contributed by atoms with Gasteiger partial charge in [0.25, 0.3) is 0 Å². The van der Waals surface area contributed by atoms with Crippen LogP contribution in [-0.2, 0) is 0 Å². The summed E-state index contributed by atoms with van der Waals surface area (Å²) in [7, 11) is 0. The highest BCUT2D eigenvalue weighted by Crippen LogP contribution is 2.40. The van der Waals surface area contributed by atoms with E-state index in [2.05, 4.69) is 23.2 Å². The van der Waals surface area contributed by atoms with E-state index in [1.165, 1.54) is 0 Å². The number of pyridine rings is 1. The van der Waals surface area contributed by atoms with Crippen molar-refractivity contribution in [1.82, 2.24) is 4.98 Å². The third-order valence-corrected chi connectivity index (χ3v) is 3.07. The number of aromatic nitrogens is 1. The summed E-state index contributed by atoms with van der Waals surface area (Å²) in [5.41, 5.74) is 0.999. The Labute approximate surface area is 97.6 Å². The molecule has 3 aromatic rings. The van der Waals surface area contributed by atoms with Crippen LogP contribution in [-0.4, -0.2) is 11.8 Å². The molecule has 0 fully saturated rings. The number of ether oxygens (including phenoxy) is 2. The Hall–Kier alpha value is -2.29. The molecule has 0 radical (unpaired) electrons. The van der Waals surface area contributed by atoms with Crippen molar-refractivity contribution in [2.75, 3.05) is 6.79 Å². The van der Waals surface area contributed by atoms with Crippen molar-refractivity contribution in [3.8, 4) is 11.5 Å². The average Bonchev–Trinajstić information content (AvgIpc) is 2.85. The van der Waals surface area contributed by atoms with Crippen molar-refractivity contribution < 1.29 is 9.47 Å². The van der Waals surface area contributed by atoms with Gasteiger partial charge in [0, 0.05) is 17.0 Å². The highest BCUT2D eigenvalue weighted by molar-refractivity contribution is 6.00. The lowest BCUT2D eigenvalue weighted by Gasteiger charge is -2.04. The maximum absolute atomic E-state index is 5.52. The van der Waals surface area contributed by atoms with Gasteiger partial charge in [-0.2, -0.15) is 0 Å². The minimum Gasteiger partial charge on any atom is -0.454 e. The van der Waals surface area contributed by atoms with Crippen LogP contribution in [0.2, 0.25) is 0 Å². The Bertz CT molecular complexity index is 737. The van der Waals surface area contributed by atoms with Crippen molar-refractivity contribution in [3.05, 3.63) is 42.6 Å². The Balaban J connectivity index is 2.17. The van der Waals surface area contributed by atoms with Crippen LogP contribution in [0.5, 0.6) is 11.5 Å². The topological polar surface area (TPSA) is 31.4 Å². The quantitative estimate of drug-likeness (QED) is 0.549. The zero-order valence-electron chi connectivity index (χ0n) is 9.01. The molecular weight excluding hydrogens is 214 g/mol. The molecule has 1 aromatic heterocycles. The minimum atomic E-state index is 0.305. The number of benzene rings is 2. The van der Waals surface area contributed by atoms with E-state index in [-0.39, 0.29) is 0 Å². The van der Waals surface area contributed by atoms with E-state index in [0.717, 1.165) is 33.2 Å². The van der Waals surface area contributed by atoms with Gasteiger partial charge in [-0.1, -0.05) is 12.1 Å². The molecule has 1 aliphatic heterocycles. The van der Waals surface area contributed by atoms with Crippen LogP contribution in [0.3, 0.4) is 0 Å². The smallest absolute Gasteiger partial charge is 0.231 e. The first-order chi connectivity index (χ1) is 8.42. The first-order valence-electron chi connectivity index (χ1n) is 5.49. The molecule has 82 valence electrons. The Morgan fingerprint density at radius 2 is 2.00 bits per heavy atom. The van der Waals surface area contributed by atoms with Crippen LogP contribution in [0.15, 0.2) is 42.6 Å². The summed E-state index contributed by atoms with van der Waals surface area (Å²) >= 11 is 0. The van der Waals surface area contributed by atoms with Gasteiger partial charge in [-0.3, -0.25) is 4.98 Å². The summed E-state index contributed by atoms with van der Waals surface area (Å²) < 4.78 is 10.9. The molecule has 0 unspecified atom stereocenters. The Morgan fingerprint density at radius 3 is 3.00 bits per heavy atom. The van der Waals surface area contributed by atoms with Gasteiger partial charge in [-0.15, -0.1) is 0 Å². The van der Waals surface area contributed by atoms with Crippen LogP contribution < -0.4 is 9.47 Å². The van der Waals surface area contributed by atoms with E-state index in [0.29, 0.717) is 6.79 Å². The Kier molecular flexibility index (Phi) is 1.61. The van der Waals surface area contributed by atoms with Crippen LogP contribution in [0, 0.1) is 0 Å². The van der Waals surface area contributed by atoms with Crippen LogP contribution in [0.1, 0.15) is 0 Å². The molecule has 0 N–H and O–H groups in total. The predicted molar refractivity (Wildman–Crippen MR) is 65.4 cm³/mol. The molecule has 0 spiro atoms. The summed E-state index contributed by atoms with van der Waals surface area (Å²) in [5, 5.41) is 3.32. The molecule has 1 aliphatic rings. The summed E-state index contributed by atoms with van der Waals surface area (Å²) in [6, 6.07) is 12.2. The summed E-state index contributed by atoms with van der Waals surface area (Å²) in [4.78, 5) is 4.35. The zero-order valence-corrected chi connectivity index (χ0v) is 9.01. The van der Waals surface area contributed by atoms with Crippen LogP contribution in [0.4, 0.5) is 0 Å². The highest BCUT2D eigenvalue weighted by atomic mass is 16.7. The third-order valence-electron chi connectivity index (χ3n) is 3.07. The molecular formula is C14H9NO2. The fraction of sp³-hybridized carbons (Fsp3) is 0.0714. The molecule has 4 rings (SSSR count). The lowest BCUT2D eigenvalue weighted by molar-refractivity contribution is 0.175. The normalized spacial score (nSPS) is 13.4. The number of nitrogens with zero attached hydrogens (tertiary/aromatic N) is 1. The molecule has 0 aliphatic carbocycles. The first kappa shape index (κ1) is 8.82. The predicted octanol–water partition coefficient (Wildman–Crippen LogP) is 3.12. The fourth-order valence-electron chi connectivity index (χ4n) is 2.26. The van der Waals surface area contributed by atoms with Gasteiger partial charge in [0.2, 0.25) is 6.79 Å². The monoisotopic (exact) mass is 223 g/mol. The molecule has 3 heteroatoms. The number of hydrogen-bond acceptors (Lipinski definition) is 3. The van der Waals surface area contributed by atoms with Crippen molar-refractivity contribution in [2.24, 2.45) is 0 Å². The number of rotatable bonds is 0. The van der Waals surface area contributed by atoms with E-state index in [9.17, 15) is 0 Å². The second-order valence-corrected chi connectivity index (χ2v) is 4.07. The molecule has 0 atom stereocenters. The second-order valence-electron chi connectivity index (χ2n) is 4.07. The molecule has 0 saturated heterocycles. The molecule has 0 bridgehead atoms. The van der Waals surface area contributed by atoms with Crippen molar-refractivity contribution in [3.63, 3.8) is 0 Å². The minimum absolute atomic E-state index is 0.305. The highest BCUT2D eigenvalue weighted by Gasteiger charge is 2.16. The second kappa shape index (κ2) is 3.10. The lowest BCUT2D eigenvalue weighted by Crippen LogP contribution is -1.93. The first-order valence-corrected chi connectivity index (χ1v) is 5.49. The van der Waals surface area contributed by atoms with Crippen molar-refractivity contribution >= 4 is 21.7 Å². The lowest BCUT2D eigenvalue weighted by atomic mass is 10.1. The van der Waals surface area contributed by atoms with Crippen molar-refractivity contribution in [2.45, 2.75) is 0 Å². The SMILES string of the molecule is c1cnc2cc3ccc4c(c3cc2c1)OCO4. The maximum atomic E-state index is 5.52. The standard InChI is InChI=1S/C14H9NO2/c1-2-10-6-11-9(7-12(10)15-5-1)3-4-13-14(11)17-8-16-13/h1-7H,8H2. The molecule has 0 saturated carbocycles. The van der Waals surface area contributed by atoms with Gasteiger partial charge in [0.15, 0.2) is 11.5 Å². The zero-order chi connectivity index (χ0) is 11.2. The van der Waals surface area contributed by atoms with Gasteiger partial charge in [-0.05, 0) is 29.7 Å². The van der Waals surface area contributed by atoms with E-state index in [4.69, 9.17) is 9.47 Å². The molecule has 2 heterocycles. The molecule has 3 nitrogen and oxygen atoms in total. The van der Waals surface area contributed by atoms with Gasteiger partial charge in [0.05, 0.1) is 5.52 Å². The average molecular weight is 223 g/mol. The number of hydrogen-bond donors (Lipinski definition) is 0. The summed E-state index contributed by atoms with van der Waals surface area (Å²) in [6.07, 6.45) is 1.81. The Morgan fingerprint density at radius 1 is 1.00 bits per heavy atom. The van der Waals surface area contributed by atoms with E-state index in [1.807, 2.05) is 18.2 Å². The molecule has 2 aromatic carbocycles. The number of fused-ring (bicyclic) bond motifs is 4. The van der Waals surface area contributed by atoms with Gasteiger partial charge < -0.3 is 9.47 Å². The maximum Gasteiger partial charge on any atom is 0.231 e. The van der Waals surface area contributed by atoms with Gasteiger partial charge in [0.1, 0.15) is 0 Å². The summed E-state index contributed by atoms with van der Waals surface area (Å²) in [6.45, 7) is 0.305. The summed E-state index contributed by atoms with van der Waals surface area (Å²) in [5.74, 6) is 1.66. The fourth-order valence-corrected chi connectivity index (χ4v) is 2.26.